The van der Waals surface area contributed by atoms with E-state index >= 15 is 0 Å². The van der Waals surface area contributed by atoms with Crippen LogP contribution in [0.2, 0.25) is 0 Å². The summed E-state index contributed by atoms with van der Waals surface area (Å²) in [4.78, 5) is 14.0. The minimum Gasteiger partial charge on any atom is -0.444 e. The number of carbonyl (C=O) groups excluding carboxylic acids is 1. The summed E-state index contributed by atoms with van der Waals surface area (Å²) in [6.07, 6.45) is -0.381. The number of hydrogen-bond acceptors (Lipinski definition) is 3. The van der Waals surface area contributed by atoms with Crippen molar-refractivity contribution >= 4 is 6.09 Å². The first kappa shape index (κ1) is 16.8. The highest BCUT2D eigenvalue weighted by atomic mass is 16.6. The van der Waals surface area contributed by atoms with Gasteiger partial charge in [0.1, 0.15) is 17.4 Å². The van der Waals surface area contributed by atoms with Crippen molar-refractivity contribution in [3.8, 4) is 11.8 Å². The van der Waals surface area contributed by atoms with Crippen molar-refractivity contribution in [2.45, 2.75) is 72.8 Å². The molecule has 0 aromatic heterocycles. The van der Waals surface area contributed by atoms with E-state index in [-0.39, 0.29) is 17.6 Å². The van der Waals surface area contributed by atoms with E-state index in [9.17, 15) is 4.79 Å². The summed E-state index contributed by atoms with van der Waals surface area (Å²) in [5.41, 5.74) is -1.33. The van der Waals surface area contributed by atoms with E-state index in [2.05, 4.69) is 11.8 Å². The molecule has 0 aromatic rings. The molecule has 0 saturated carbocycles. The van der Waals surface area contributed by atoms with Crippen molar-refractivity contribution in [2.75, 3.05) is 6.61 Å². The zero-order valence-electron chi connectivity index (χ0n) is 14.0. The first-order chi connectivity index (χ1) is 8.82. The smallest absolute Gasteiger partial charge is 0.413 e. The third-order valence-corrected chi connectivity index (χ3v) is 2.69. The molecule has 4 nitrogen and oxygen atoms in total. The Morgan fingerprint density at radius 2 is 1.80 bits per heavy atom. The van der Waals surface area contributed by atoms with E-state index < -0.39 is 11.3 Å². The van der Waals surface area contributed by atoms with Crippen molar-refractivity contribution in [1.29, 1.82) is 0 Å². The number of hydrogen-bond donors (Lipinski definition) is 0. The maximum absolute atomic E-state index is 12.4. The van der Waals surface area contributed by atoms with Crippen molar-refractivity contribution in [3.05, 3.63) is 0 Å². The fourth-order valence-corrected chi connectivity index (χ4v) is 1.87. The molecular formula is C16H27NO3. The zero-order chi connectivity index (χ0) is 15.8. The molecule has 1 amide bonds. The fraction of sp³-hybridized carbons (Fsp3) is 0.812. The first-order valence-electron chi connectivity index (χ1n) is 7.01. The number of ether oxygens (including phenoxy) is 2. The topological polar surface area (TPSA) is 38.8 Å². The van der Waals surface area contributed by atoms with Crippen LogP contribution in [-0.2, 0) is 9.47 Å². The van der Waals surface area contributed by atoms with Crippen molar-refractivity contribution < 1.29 is 14.3 Å². The minimum absolute atomic E-state index is 0.105. The maximum Gasteiger partial charge on any atom is 0.413 e. The zero-order valence-corrected chi connectivity index (χ0v) is 14.0. The monoisotopic (exact) mass is 281 g/mol. The van der Waals surface area contributed by atoms with Gasteiger partial charge in [0.2, 0.25) is 0 Å². The quantitative estimate of drug-likeness (QED) is 0.639. The summed E-state index contributed by atoms with van der Waals surface area (Å²) in [7, 11) is 0. The first-order valence-corrected chi connectivity index (χ1v) is 7.01. The van der Waals surface area contributed by atoms with Crippen molar-refractivity contribution in [2.24, 2.45) is 5.41 Å². The lowest BCUT2D eigenvalue weighted by atomic mass is 9.97. The summed E-state index contributed by atoms with van der Waals surface area (Å²) in [6, 6.07) is -0.265. The standard InChI is InChI=1S/C16H27NO3/c1-14(2,3)10-9-12-11-19-16(7,8)17(12)13(18)20-15(4,5)6/h12H,11H2,1-8H3/t12-/m1/s1. The lowest BCUT2D eigenvalue weighted by Crippen LogP contribution is -2.49. The van der Waals surface area contributed by atoms with Crippen LogP contribution in [0.15, 0.2) is 0 Å². The summed E-state index contributed by atoms with van der Waals surface area (Å²) in [6.45, 7) is 15.8. The maximum atomic E-state index is 12.4. The lowest BCUT2D eigenvalue weighted by Gasteiger charge is -2.33. The Hall–Kier alpha value is -1.21. The summed E-state index contributed by atoms with van der Waals surface area (Å²) in [5, 5.41) is 0. The van der Waals surface area contributed by atoms with E-state index in [1.54, 1.807) is 4.90 Å². The van der Waals surface area contributed by atoms with Crippen LogP contribution in [0.3, 0.4) is 0 Å². The van der Waals surface area contributed by atoms with Gasteiger partial charge in [0, 0.05) is 5.41 Å². The second kappa shape index (κ2) is 5.29. The molecule has 20 heavy (non-hydrogen) atoms. The van der Waals surface area contributed by atoms with E-state index in [1.807, 2.05) is 55.4 Å². The largest absolute Gasteiger partial charge is 0.444 e. The average molecular weight is 281 g/mol. The Morgan fingerprint density at radius 3 is 2.25 bits per heavy atom. The molecular weight excluding hydrogens is 254 g/mol. The number of rotatable bonds is 0. The second-order valence-electron chi connectivity index (χ2n) is 7.64. The summed E-state index contributed by atoms with van der Waals surface area (Å²) in [5.74, 6) is 6.31. The van der Waals surface area contributed by atoms with Crippen LogP contribution in [0, 0.1) is 17.3 Å². The molecule has 4 heteroatoms. The predicted octanol–water partition coefficient (Wildman–Crippen LogP) is 3.41. The minimum atomic E-state index is -0.695. The molecule has 1 atom stereocenters. The van der Waals surface area contributed by atoms with Crippen molar-refractivity contribution in [3.63, 3.8) is 0 Å². The Morgan fingerprint density at radius 1 is 1.25 bits per heavy atom. The summed E-state index contributed by atoms with van der Waals surface area (Å²) >= 11 is 0. The molecule has 1 heterocycles. The Bertz CT molecular complexity index is 429. The van der Waals surface area contributed by atoms with Crippen LogP contribution in [0.25, 0.3) is 0 Å². The van der Waals surface area contributed by atoms with Gasteiger partial charge in [-0.2, -0.15) is 0 Å². The second-order valence-corrected chi connectivity index (χ2v) is 7.64. The molecule has 114 valence electrons. The Balaban J connectivity index is 2.96. The highest BCUT2D eigenvalue weighted by molar-refractivity contribution is 5.70. The van der Waals surface area contributed by atoms with Crippen LogP contribution in [0.5, 0.6) is 0 Å². The normalized spacial score (nSPS) is 22.2. The molecule has 0 bridgehead atoms. The molecule has 0 N–H and O–H groups in total. The van der Waals surface area contributed by atoms with Gasteiger partial charge in [0.05, 0.1) is 6.61 Å². The number of carbonyl (C=O) groups is 1. The molecule has 1 fully saturated rings. The third-order valence-electron chi connectivity index (χ3n) is 2.69. The molecule has 0 aliphatic carbocycles. The van der Waals surface area contributed by atoms with Crippen LogP contribution in [-0.4, -0.2) is 35.0 Å². The van der Waals surface area contributed by atoms with Crippen LogP contribution >= 0.6 is 0 Å². The van der Waals surface area contributed by atoms with Gasteiger partial charge >= 0.3 is 6.09 Å². The Labute approximate surface area is 122 Å². The van der Waals surface area contributed by atoms with Gasteiger partial charge in [0.15, 0.2) is 0 Å². The molecule has 0 radical (unpaired) electrons. The number of nitrogens with zero attached hydrogens (tertiary/aromatic N) is 1. The molecule has 1 saturated heterocycles. The molecule has 1 aliphatic heterocycles. The van der Waals surface area contributed by atoms with E-state index in [0.717, 1.165) is 0 Å². The highest BCUT2D eigenvalue weighted by Gasteiger charge is 2.45. The van der Waals surface area contributed by atoms with Gasteiger partial charge in [-0.1, -0.05) is 11.8 Å². The van der Waals surface area contributed by atoms with Gasteiger partial charge in [0.25, 0.3) is 0 Å². The highest BCUT2D eigenvalue weighted by Crippen LogP contribution is 2.29. The van der Waals surface area contributed by atoms with Gasteiger partial charge in [-0.05, 0) is 55.4 Å². The van der Waals surface area contributed by atoms with E-state index in [4.69, 9.17) is 9.47 Å². The predicted molar refractivity (Wildman–Crippen MR) is 79.1 cm³/mol. The van der Waals surface area contributed by atoms with Gasteiger partial charge in [-0.25, -0.2) is 4.79 Å². The van der Waals surface area contributed by atoms with Gasteiger partial charge < -0.3 is 9.47 Å². The van der Waals surface area contributed by atoms with E-state index in [0.29, 0.717) is 6.61 Å². The van der Waals surface area contributed by atoms with Crippen LogP contribution < -0.4 is 0 Å². The summed E-state index contributed by atoms with van der Waals surface area (Å²) < 4.78 is 11.1. The number of amides is 1. The lowest BCUT2D eigenvalue weighted by molar-refractivity contribution is -0.0608. The van der Waals surface area contributed by atoms with Crippen LogP contribution in [0.4, 0.5) is 4.79 Å². The third kappa shape index (κ3) is 4.72. The fourth-order valence-electron chi connectivity index (χ4n) is 1.87. The van der Waals surface area contributed by atoms with Crippen LogP contribution in [0.1, 0.15) is 55.4 Å². The van der Waals surface area contributed by atoms with E-state index in [1.165, 1.54) is 0 Å². The Kier molecular flexibility index (Phi) is 4.46. The molecule has 0 unspecified atom stereocenters. The molecule has 1 aliphatic rings. The van der Waals surface area contributed by atoms with Crippen molar-refractivity contribution in [1.82, 2.24) is 4.90 Å². The molecule has 0 aromatic carbocycles. The van der Waals surface area contributed by atoms with Gasteiger partial charge in [-0.3, -0.25) is 4.90 Å². The van der Waals surface area contributed by atoms with Gasteiger partial charge in [-0.15, -0.1) is 0 Å². The SMILES string of the molecule is CC(C)(C)C#C[C@@H]1COC(C)(C)N1C(=O)OC(C)(C)C. The molecule has 1 rings (SSSR count). The molecule has 0 spiro atoms. The average Bonchev–Trinajstić information content (AvgIpc) is 2.46.